The second kappa shape index (κ2) is 7.03. The van der Waals surface area contributed by atoms with Crippen LogP contribution in [-0.2, 0) is 6.42 Å². The Morgan fingerprint density at radius 1 is 1.10 bits per heavy atom. The molecule has 0 spiro atoms. The molecular weight excluding hydrogens is 336 g/mol. The molecule has 1 unspecified atom stereocenters. The van der Waals surface area contributed by atoms with Gasteiger partial charge in [0.1, 0.15) is 17.3 Å². The molecule has 2 rings (SSSR count). The maximum Gasteiger partial charge on any atom is 0.150 e. The Bertz CT molecular complexity index is 588. The lowest BCUT2D eigenvalue weighted by Gasteiger charge is -2.17. The molecule has 0 aliphatic rings. The molecule has 1 atom stereocenters. The van der Waals surface area contributed by atoms with Gasteiger partial charge in [0.05, 0.1) is 0 Å². The molecule has 0 amide bonds. The lowest BCUT2D eigenvalue weighted by atomic mass is 10.0. The number of aryl methyl sites for hydroxylation is 1. The van der Waals surface area contributed by atoms with Crippen molar-refractivity contribution < 1.29 is 8.78 Å². The van der Waals surface area contributed by atoms with E-state index in [0.717, 1.165) is 18.4 Å². The molecule has 0 aromatic heterocycles. The first kappa shape index (κ1) is 16.0. The number of halogens is 3. The highest BCUT2D eigenvalue weighted by atomic mass is 79.9. The monoisotopic (exact) mass is 353 g/mol. The summed E-state index contributed by atoms with van der Waals surface area (Å²) in [6.07, 6.45) is 2.14. The Morgan fingerprint density at radius 3 is 2.19 bits per heavy atom. The minimum absolute atomic E-state index is 0.0941. The van der Waals surface area contributed by atoms with Crippen LogP contribution in [-0.4, -0.2) is 0 Å². The van der Waals surface area contributed by atoms with Crippen LogP contribution in [0.3, 0.4) is 0 Å². The van der Waals surface area contributed by atoms with E-state index in [2.05, 4.69) is 40.3 Å². The van der Waals surface area contributed by atoms with Crippen molar-refractivity contribution in [3.05, 3.63) is 63.6 Å². The van der Waals surface area contributed by atoms with Crippen LogP contribution in [0.25, 0.3) is 0 Å². The summed E-state index contributed by atoms with van der Waals surface area (Å²) < 4.78 is 28.0. The second-order valence-corrected chi connectivity index (χ2v) is 6.02. The molecule has 0 saturated heterocycles. The molecule has 0 aliphatic heterocycles. The zero-order valence-corrected chi connectivity index (χ0v) is 13.7. The minimum Gasteiger partial charge on any atom is -0.374 e. The van der Waals surface area contributed by atoms with E-state index in [-0.39, 0.29) is 11.7 Å². The van der Waals surface area contributed by atoms with Gasteiger partial charge in [0.25, 0.3) is 0 Å². The van der Waals surface area contributed by atoms with Crippen LogP contribution in [0, 0.1) is 11.6 Å². The summed E-state index contributed by atoms with van der Waals surface area (Å²) in [6, 6.07) is 10.4. The van der Waals surface area contributed by atoms with Gasteiger partial charge in [0.15, 0.2) is 0 Å². The summed E-state index contributed by atoms with van der Waals surface area (Å²) in [5, 5.41) is 2.90. The fourth-order valence-electron chi connectivity index (χ4n) is 2.24. The van der Waals surface area contributed by atoms with Crippen LogP contribution in [0.2, 0.25) is 0 Å². The van der Waals surface area contributed by atoms with Gasteiger partial charge in [-0.3, -0.25) is 0 Å². The van der Waals surface area contributed by atoms with Gasteiger partial charge < -0.3 is 5.32 Å². The summed E-state index contributed by atoms with van der Waals surface area (Å²) in [5.41, 5.74) is 2.18. The average Bonchev–Trinajstić information content (AvgIpc) is 2.43. The van der Waals surface area contributed by atoms with E-state index in [1.54, 1.807) is 0 Å². The molecule has 2 aromatic carbocycles. The molecule has 0 aliphatic carbocycles. The van der Waals surface area contributed by atoms with Crippen LogP contribution in [0.5, 0.6) is 0 Å². The Labute approximate surface area is 132 Å². The molecule has 1 N–H and O–H groups in total. The number of anilines is 1. The summed E-state index contributed by atoms with van der Waals surface area (Å²) in [7, 11) is 0. The van der Waals surface area contributed by atoms with E-state index in [9.17, 15) is 8.78 Å². The topological polar surface area (TPSA) is 12.0 Å². The van der Waals surface area contributed by atoms with Crippen molar-refractivity contribution in [2.24, 2.45) is 0 Å². The van der Waals surface area contributed by atoms with Gasteiger partial charge in [-0.1, -0.05) is 53.5 Å². The third kappa shape index (κ3) is 4.03. The number of nitrogens with one attached hydrogen (secondary N) is 1. The van der Waals surface area contributed by atoms with Crippen LogP contribution in [0.1, 0.15) is 37.4 Å². The zero-order chi connectivity index (χ0) is 15.4. The van der Waals surface area contributed by atoms with Gasteiger partial charge >= 0.3 is 0 Å². The first-order chi connectivity index (χ1) is 10.0. The molecular formula is C17H18BrF2N. The molecule has 0 bridgehead atoms. The quantitative estimate of drug-likeness (QED) is 0.710. The predicted molar refractivity (Wildman–Crippen MR) is 86.5 cm³/mol. The van der Waals surface area contributed by atoms with Gasteiger partial charge in [0, 0.05) is 10.5 Å². The fourth-order valence-corrected chi connectivity index (χ4v) is 2.64. The van der Waals surface area contributed by atoms with Gasteiger partial charge in [0.2, 0.25) is 0 Å². The standard InChI is InChI=1S/C17H18BrF2N/c1-3-4-12-5-7-13(8-6-12)11(2)21-17-15(19)9-14(18)10-16(17)20/h5-11,21H,3-4H2,1-2H3. The SMILES string of the molecule is CCCc1ccc(C(C)Nc2c(F)cc(Br)cc2F)cc1. The maximum atomic E-state index is 13.8. The number of hydrogen-bond donors (Lipinski definition) is 1. The zero-order valence-electron chi connectivity index (χ0n) is 12.1. The lowest BCUT2D eigenvalue weighted by molar-refractivity contribution is 0.583. The number of hydrogen-bond acceptors (Lipinski definition) is 1. The van der Waals surface area contributed by atoms with E-state index in [1.807, 2.05) is 19.1 Å². The molecule has 0 fully saturated rings. The molecule has 0 radical (unpaired) electrons. The first-order valence-corrected chi connectivity index (χ1v) is 7.80. The van der Waals surface area contributed by atoms with E-state index in [1.165, 1.54) is 17.7 Å². The van der Waals surface area contributed by atoms with E-state index >= 15 is 0 Å². The Kier molecular flexibility index (Phi) is 5.34. The van der Waals surface area contributed by atoms with Crippen molar-refractivity contribution in [1.29, 1.82) is 0 Å². The third-order valence-corrected chi connectivity index (χ3v) is 3.84. The lowest BCUT2D eigenvalue weighted by Crippen LogP contribution is -2.09. The normalized spacial score (nSPS) is 12.2. The molecule has 4 heteroatoms. The molecule has 2 aromatic rings. The highest BCUT2D eigenvalue weighted by Gasteiger charge is 2.14. The van der Waals surface area contributed by atoms with E-state index < -0.39 is 11.6 Å². The van der Waals surface area contributed by atoms with Gasteiger partial charge in [-0.15, -0.1) is 0 Å². The van der Waals surface area contributed by atoms with Crippen LogP contribution in [0.4, 0.5) is 14.5 Å². The van der Waals surface area contributed by atoms with Gasteiger partial charge in [-0.2, -0.15) is 0 Å². The molecule has 0 saturated carbocycles. The third-order valence-electron chi connectivity index (χ3n) is 3.39. The van der Waals surface area contributed by atoms with Crippen molar-refractivity contribution >= 4 is 21.6 Å². The predicted octanol–water partition coefficient (Wildman–Crippen LogP) is 5.85. The number of rotatable bonds is 5. The highest BCUT2D eigenvalue weighted by Crippen LogP contribution is 2.27. The van der Waals surface area contributed by atoms with Crippen molar-refractivity contribution in [3.8, 4) is 0 Å². The molecule has 112 valence electrons. The summed E-state index contributed by atoms with van der Waals surface area (Å²) >= 11 is 3.07. The fraction of sp³-hybridized carbons (Fsp3) is 0.294. The van der Waals surface area contributed by atoms with Crippen molar-refractivity contribution in [2.75, 3.05) is 5.32 Å². The van der Waals surface area contributed by atoms with Crippen LogP contribution >= 0.6 is 15.9 Å². The van der Waals surface area contributed by atoms with Crippen LogP contribution in [0.15, 0.2) is 40.9 Å². The Hall–Kier alpha value is -1.42. The van der Waals surface area contributed by atoms with Gasteiger partial charge in [-0.25, -0.2) is 8.78 Å². The van der Waals surface area contributed by atoms with Crippen molar-refractivity contribution in [1.82, 2.24) is 0 Å². The molecule has 21 heavy (non-hydrogen) atoms. The summed E-state index contributed by atoms with van der Waals surface area (Å²) in [4.78, 5) is 0. The average molecular weight is 354 g/mol. The minimum atomic E-state index is -0.601. The Balaban J connectivity index is 2.16. The first-order valence-electron chi connectivity index (χ1n) is 7.01. The smallest absolute Gasteiger partial charge is 0.150 e. The van der Waals surface area contributed by atoms with Gasteiger partial charge in [-0.05, 0) is 36.6 Å². The largest absolute Gasteiger partial charge is 0.374 e. The summed E-state index contributed by atoms with van der Waals surface area (Å²) in [5.74, 6) is -1.20. The van der Waals surface area contributed by atoms with Crippen molar-refractivity contribution in [2.45, 2.75) is 32.7 Å². The number of benzene rings is 2. The van der Waals surface area contributed by atoms with E-state index in [0.29, 0.717) is 4.47 Å². The molecule has 0 heterocycles. The second-order valence-electron chi connectivity index (χ2n) is 5.10. The van der Waals surface area contributed by atoms with E-state index in [4.69, 9.17) is 0 Å². The maximum absolute atomic E-state index is 13.8. The Morgan fingerprint density at radius 2 is 1.67 bits per heavy atom. The van der Waals surface area contributed by atoms with Crippen LogP contribution < -0.4 is 5.32 Å². The summed E-state index contributed by atoms with van der Waals surface area (Å²) in [6.45, 7) is 4.02. The highest BCUT2D eigenvalue weighted by molar-refractivity contribution is 9.10. The molecule has 1 nitrogen and oxygen atoms in total. The van der Waals surface area contributed by atoms with Crippen molar-refractivity contribution in [3.63, 3.8) is 0 Å².